The SMILES string of the molecule is CCc1nnc(CNC(=O)CN2CCC(c3ccccc3)CC2)o1.O=CO. The summed E-state index contributed by atoms with van der Waals surface area (Å²) in [6.07, 6.45) is 2.90. The Labute approximate surface area is 158 Å². The minimum absolute atomic E-state index is 0.00408. The topological polar surface area (TPSA) is 109 Å². The Hall–Kier alpha value is -2.74. The number of carboxylic acid groups (broad SMARTS) is 1. The Kier molecular flexibility index (Phi) is 8.44. The van der Waals surface area contributed by atoms with Crippen LogP contribution in [0.2, 0.25) is 0 Å². The van der Waals surface area contributed by atoms with Gasteiger partial charge in [-0.15, -0.1) is 10.2 Å². The molecule has 1 amide bonds. The van der Waals surface area contributed by atoms with E-state index in [4.69, 9.17) is 14.3 Å². The quantitative estimate of drug-likeness (QED) is 0.743. The number of nitrogens with zero attached hydrogens (tertiary/aromatic N) is 3. The first-order valence-electron chi connectivity index (χ1n) is 9.09. The molecule has 0 aliphatic carbocycles. The molecular formula is C19H26N4O4. The molecule has 3 rings (SSSR count). The highest BCUT2D eigenvalue weighted by atomic mass is 16.4. The van der Waals surface area contributed by atoms with Crippen LogP contribution in [-0.4, -0.2) is 52.2 Å². The molecule has 1 aliphatic heterocycles. The molecule has 0 unspecified atom stereocenters. The van der Waals surface area contributed by atoms with E-state index in [2.05, 4.69) is 50.7 Å². The second-order valence-electron chi connectivity index (χ2n) is 6.29. The Morgan fingerprint density at radius 3 is 2.48 bits per heavy atom. The highest BCUT2D eigenvalue weighted by Gasteiger charge is 2.21. The summed E-state index contributed by atoms with van der Waals surface area (Å²) in [4.78, 5) is 22.6. The van der Waals surface area contributed by atoms with E-state index < -0.39 is 0 Å². The second kappa shape index (κ2) is 11.1. The summed E-state index contributed by atoms with van der Waals surface area (Å²) >= 11 is 0. The van der Waals surface area contributed by atoms with Crippen molar-refractivity contribution in [1.82, 2.24) is 20.4 Å². The van der Waals surface area contributed by atoms with Crippen LogP contribution < -0.4 is 5.32 Å². The number of aromatic nitrogens is 2. The van der Waals surface area contributed by atoms with Crippen molar-refractivity contribution < 1.29 is 19.1 Å². The van der Waals surface area contributed by atoms with Crippen molar-refractivity contribution in [2.24, 2.45) is 0 Å². The zero-order valence-corrected chi connectivity index (χ0v) is 15.5. The number of carbonyl (C=O) groups is 2. The smallest absolute Gasteiger partial charge is 0.290 e. The van der Waals surface area contributed by atoms with Crippen LogP contribution in [0.1, 0.15) is 43.0 Å². The van der Waals surface area contributed by atoms with E-state index in [1.807, 2.05) is 6.92 Å². The number of piperidine rings is 1. The number of benzene rings is 1. The molecule has 1 saturated heterocycles. The van der Waals surface area contributed by atoms with Crippen molar-refractivity contribution in [3.63, 3.8) is 0 Å². The predicted molar refractivity (Wildman–Crippen MR) is 99.1 cm³/mol. The molecule has 8 heteroatoms. The van der Waals surface area contributed by atoms with Crippen molar-refractivity contribution in [2.75, 3.05) is 19.6 Å². The fourth-order valence-electron chi connectivity index (χ4n) is 3.09. The fraction of sp³-hybridized carbons (Fsp3) is 0.474. The summed E-state index contributed by atoms with van der Waals surface area (Å²) in [6.45, 7) is 4.33. The van der Waals surface area contributed by atoms with Gasteiger partial charge in [0, 0.05) is 6.42 Å². The third kappa shape index (κ3) is 6.82. The number of hydrogen-bond acceptors (Lipinski definition) is 6. The van der Waals surface area contributed by atoms with E-state index >= 15 is 0 Å². The maximum atomic E-state index is 12.1. The number of rotatable bonds is 6. The Balaban J connectivity index is 0.000000817. The van der Waals surface area contributed by atoms with Crippen LogP contribution in [0, 0.1) is 0 Å². The lowest BCUT2D eigenvalue weighted by atomic mass is 9.89. The highest BCUT2D eigenvalue weighted by molar-refractivity contribution is 5.77. The molecule has 0 atom stereocenters. The van der Waals surface area contributed by atoms with Crippen LogP contribution in [0.4, 0.5) is 0 Å². The summed E-state index contributed by atoms with van der Waals surface area (Å²) in [5, 5.41) is 17.5. The Morgan fingerprint density at radius 1 is 1.26 bits per heavy atom. The van der Waals surface area contributed by atoms with Crippen molar-refractivity contribution in [1.29, 1.82) is 0 Å². The van der Waals surface area contributed by atoms with Crippen LogP contribution in [0.25, 0.3) is 0 Å². The van der Waals surface area contributed by atoms with Gasteiger partial charge in [0.15, 0.2) is 0 Å². The molecule has 2 N–H and O–H groups in total. The van der Waals surface area contributed by atoms with Crippen LogP contribution in [0.3, 0.4) is 0 Å². The average molecular weight is 374 g/mol. The number of aryl methyl sites for hydroxylation is 1. The maximum Gasteiger partial charge on any atom is 0.290 e. The highest BCUT2D eigenvalue weighted by Crippen LogP contribution is 2.27. The predicted octanol–water partition coefficient (Wildman–Crippen LogP) is 1.83. The summed E-state index contributed by atoms with van der Waals surface area (Å²) in [5.74, 6) is 1.67. The first-order valence-corrected chi connectivity index (χ1v) is 9.09. The van der Waals surface area contributed by atoms with Gasteiger partial charge in [-0.1, -0.05) is 37.3 Å². The minimum atomic E-state index is -0.250. The molecule has 1 fully saturated rings. The van der Waals surface area contributed by atoms with Gasteiger partial charge in [0.2, 0.25) is 17.7 Å². The number of nitrogens with one attached hydrogen (secondary N) is 1. The van der Waals surface area contributed by atoms with Gasteiger partial charge in [-0.3, -0.25) is 14.5 Å². The summed E-state index contributed by atoms with van der Waals surface area (Å²) in [5.41, 5.74) is 1.41. The normalized spacial score (nSPS) is 14.9. The minimum Gasteiger partial charge on any atom is -0.483 e. The molecular weight excluding hydrogens is 348 g/mol. The van der Waals surface area contributed by atoms with E-state index in [9.17, 15) is 4.79 Å². The van der Waals surface area contributed by atoms with Gasteiger partial charge in [-0.2, -0.15) is 0 Å². The van der Waals surface area contributed by atoms with E-state index in [-0.39, 0.29) is 12.4 Å². The van der Waals surface area contributed by atoms with Crippen LogP contribution in [0.5, 0.6) is 0 Å². The lowest BCUT2D eigenvalue weighted by Crippen LogP contribution is -2.41. The molecule has 1 aromatic carbocycles. The van der Waals surface area contributed by atoms with Crippen LogP contribution in [0.15, 0.2) is 34.7 Å². The van der Waals surface area contributed by atoms with E-state index in [1.165, 1.54) is 5.56 Å². The number of amides is 1. The molecule has 0 saturated carbocycles. The first-order chi connectivity index (χ1) is 13.2. The van der Waals surface area contributed by atoms with Gasteiger partial charge in [-0.05, 0) is 37.4 Å². The molecule has 27 heavy (non-hydrogen) atoms. The molecule has 146 valence electrons. The average Bonchev–Trinajstić information content (AvgIpc) is 3.16. The first kappa shape index (κ1) is 20.6. The van der Waals surface area contributed by atoms with Crippen LogP contribution >= 0.6 is 0 Å². The number of likely N-dealkylation sites (tertiary alicyclic amines) is 1. The van der Waals surface area contributed by atoms with E-state index in [1.54, 1.807) is 0 Å². The van der Waals surface area contributed by atoms with Crippen molar-refractivity contribution >= 4 is 12.4 Å². The molecule has 2 aromatic rings. The van der Waals surface area contributed by atoms with Gasteiger partial charge in [0.25, 0.3) is 6.47 Å². The summed E-state index contributed by atoms with van der Waals surface area (Å²) < 4.78 is 5.39. The fourth-order valence-corrected chi connectivity index (χ4v) is 3.09. The van der Waals surface area contributed by atoms with Gasteiger partial charge in [0.1, 0.15) is 0 Å². The van der Waals surface area contributed by atoms with Crippen molar-refractivity contribution in [2.45, 2.75) is 38.6 Å². The summed E-state index contributed by atoms with van der Waals surface area (Å²) in [6, 6.07) is 10.6. The molecule has 0 bridgehead atoms. The molecule has 0 spiro atoms. The van der Waals surface area contributed by atoms with Gasteiger partial charge in [0.05, 0.1) is 13.1 Å². The lowest BCUT2D eigenvalue weighted by Gasteiger charge is -2.31. The molecule has 0 radical (unpaired) electrons. The van der Waals surface area contributed by atoms with Crippen molar-refractivity contribution in [3.05, 3.63) is 47.7 Å². The third-order valence-electron chi connectivity index (χ3n) is 4.47. The summed E-state index contributed by atoms with van der Waals surface area (Å²) in [7, 11) is 0. The van der Waals surface area contributed by atoms with Gasteiger partial charge < -0.3 is 14.8 Å². The number of carbonyl (C=O) groups excluding carboxylic acids is 1. The lowest BCUT2D eigenvalue weighted by molar-refractivity contribution is -0.123. The Morgan fingerprint density at radius 2 is 1.89 bits per heavy atom. The molecule has 1 aromatic heterocycles. The molecule has 8 nitrogen and oxygen atoms in total. The van der Waals surface area contributed by atoms with Gasteiger partial charge >= 0.3 is 0 Å². The van der Waals surface area contributed by atoms with Crippen molar-refractivity contribution in [3.8, 4) is 0 Å². The number of hydrogen-bond donors (Lipinski definition) is 2. The monoisotopic (exact) mass is 374 g/mol. The van der Waals surface area contributed by atoms with Gasteiger partial charge in [-0.25, -0.2) is 0 Å². The Bertz CT molecular complexity index is 697. The zero-order chi connectivity index (χ0) is 19.5. The maximum absolute atomic E-state index is 12.1. The molecule has 2 heterocycles. The van der Waals surface area contributed by atoms with E-state index in [0.717, 1.165) is 25.9 Å². The molecule has 1 aliphatic rings. The standard InChI is InChI=1S/C18H24N4O2.CH2O2/c1-2-17-20-21-18(24-17)12-19-16(23)13-22-10-8-15(9-11-22)14-6-4-3-5-7-14;2-1-3/h3-7,15H,2,8-13H2,1H3,(H,19,23);1H,(H,2,3). The largest absolute Gasteiger partial charge is 0.483 e. The van der Waals surface area contributed by atoms with Crippen LogP contribution in [-0.2, 0) is 22.6 Å². The zero-order valence-electron chi connectivity index (χ0n) is 15.5. The third-order valence-corrected chi connectivity index (χ3v) is 4.47. The second-order valence-corrected chi connectivity index (χ2v) is 6.29. The van der Waals surface area contributed by atoms with E-state index in [0.29, 0.717) is 37.2 Å².